The van der Waals surface area contributed by atoms with Crippen LogP contribution in [0, 0.1) is 6.42 Å². The second-order valence-electron chi connectivity index (χ2n) is 3.65. The number of benzene rings is 2. The predicted molar refractivity (Wildman–Crippen MR) is 66.2 cm³/mol. The van der Waals surface area contributed by atoms with Crippen molar-refractivity contribution in [2.24, 2.45) is 0 Å². The average molecular weight is 293 g/mol. The largest absolute Gasteiger partial charge is 0.457 e. The summed E-state index contributed by atoms with van der Waals surface area (Å²) in [6.45, 7) is 2.05. The van der Waals surface area contributed by atoms with Crippen LogP contribution in [0.2, 0.25) is 0 Å². The van der Waals surface area contributed by atoms with Gasteiger partial charge >= 0.3 is 0 Å². The molecule has 0 saturated carbocycles. The molecule has 82 valence electrons. The van der Waals surface area contributed by atoms with Crippen LogP contribution in [0.5, 0.6) is 11.5 Å². The van der Waals surface area contributed by atoms with E-state index < -0.39 is 0 Å². The summed E-state index contributed by atoms with van der Waals surface area (Å²) in [6.07, 6.45) is 2.10. The molecule has 0 N–H and O–H groups in total. The standard InChI is InChI=1S/C14H11OS.Zn/c1-2-10-7-8-12-14(9-10)16-13-6-4-3-5-11(13)15-12;/h2-9H,1H3;/q-1;. The van der Waals surface area contributed by atoms with E-state index in [4.69, 9.17) is 4.74 Å². The molecule has 0 radical (unpaired) electrons. The number of hydrogen-bond acceptors (Lipinski definition) is 2. The van der Waals surface area contributed by atoms with Gasteiger partial charge in [-0.15, -0.1) is 6.07 Å². The van der Waals surface area contributed by atoms with Gasteiger partial charge in [0.25, 0.3) is 0 Å². The summed E-state index contributed by atoms with van der Waals surface area (Å²) < 4.78 is 5.84. The molecule has 3 rings (SSSR count). The second-order valence-corrected chi connectivity index (χ2v) is 4.73. The van der Waals surface area contributed by atoms with Crippen molar-refractivity contribution >= 4 is 11.8 Å². The molecule has 0 bridgehead atoms. The molecule has 0 saturated heterocycles. The molecule has 0 fully saturated rings. The van der Waals surface area contributed by atoms with Crippen molar-refractivity contribution in [2.45, 2.75) is 16.7 Å². The molecule has 1 nitrogen and oxygen atoms in total. The minimum Gasteiger partial charge on any atom is -0.457 e. The van der Waals surface area contributed by atoms with Gasteiger partial charge in [-0.1, -0.05) is 36.9 Å². The van der Waals surface area contributed by atoms with Gasteiger partial charge in [0.15, 0.2) is 0 Å². The first kappa shape index (κ1) is 12.5. The van der Waals surface area contributed by atoms with Crippen molar-refractivity contribution in [3.05, 3.63) is 54.4 Å². The van der Waals surface area contributed by atoms with Gasteiger partial charge < -0.3 is 4.74 Å². The minimum absolute atomic E-state index is 0. The van der Waals surface area contributed by atoms with Gasteiger partial charge in [-0.05, 0) is 17.0 Å². The minimum atomic E-state index is 0. The van der Waals surface area contributed by atoms with Crippen LogP contribution >= 0.6 is 11.8 Å². The molecule has 0 unspecified atom stereocenters. The maximum absolute atomic E-state index is 5.84. The Balaban J connectivity index is 0.00000108. The third kappa shape index (κ3) is 2.36. The van der Waals surface area contributed by atoms with Gasteiger partial charge in [-0.2, -0.15) is 18.1 Å². The number of ether oxygens (including phenoxy) is 1. The third-order valence-electron chi connectivity index (χ3n) is 2.59. The molecule has 0 amide bonds. The van der Waals surface area contributed by atoms with Crippen LogP contribution in [-0.4, -0.2) is 0 Å². The topological polar surface area (TPSA) is 9.23 Å². The zero-order chi connectivity index (χ0) is 11.0. The molecule has 1 heterocycles. The summed E-state index contributed by atoms with van der Waals surface area (Å²) in [5, 5.41) is 0. The van der Waals surface area contributed by atoms with Gasteiger partial charge in [0.1, 0.15) is 11.5 Å². The molecule has 1 aliphatic heterocycles. The van der Waals surface area contributed by atoms with Gasteiger partial charge in [0.2, 0.25) is 0 Å². The van der Waals surface area contributed by atoms with Crippen LogP contribution in [0.15, 0.2) is 52.3 Å². The van der Waals surface area contributed by atoms with E-state index in [0.29, 0.717) is 0 Å². The summed E-state index contributed by atoms with van der Waals surface area (Å²) >= 11 is 1.77. The van der Waals surface area contributed by atoms with Crippen molar-refractivity contribution in [3.63, 3.8) is 0 Å². The van der Waals surface area contributed by atoms with Crippen molar-refractivity contribution < 1.29 is 24.2 Å². The fraction of sp³-hybridized carbons (Fsp3) is 0.0714. The van der Waals surface area contributed by atoms with E-state index in [9.17, 15) is 0 Å². The molecule has 0 aromatic heterocycles. The van der Waals surface area contributed by atoms with E-state index in [2.05, 4.69) is 24.6 Å². The molecule has 2 aromatic rings. The zero-order valence-corrected chi connectivity index (χ0v) is 13.4. The smallest absolute Gasteiger partial charge is 0.141 e. The van der Waals surface area contributed by atoms with E-state index in [0.717, 1.165) is 11.5 Å². The number of rotatable bonds is 1. The summed E-state index contributed by atoms with van der Waals surface area (Å²) in [5.41, 5.74) is 1.23. The van der Waals surface area contributed by atoms with Crippen LogP contribution in [0.1, 0.15) is 12.5 Å². The van der Waals surface area contributed by atoms with Crippen LogP contribution in [0.25, 0.3) is 0 Å². The third-order valence-corrected chi connectivity index (χ3v) is 3.69. The molecule has 0 spiro atoms. The summed E-state index contributed by atoms with van der Waals surface area (Å²) in [6, 6.07) is 14.4. The first-order valence-electron chi connectivity index (χ1n) is 5.25. The molecule has 0 atom stereocenters. The van der Waals surface area contributed by atoms with Crippen molar-refractivity contribution in [3.8, 4) is 11.5 Å². The van der Waals surface area contributed by atoms with Crippen LogP contribution in [0.4, 0.5) is 0 Å². The predicted octanol–water partition coefficient (Wildman–Crippen LogP) is 4.51. The van der Waals surface area contributed by atoms with E-state index in [1.54, 1.807) is 11.8 Å². The van der Waals surface area contributed by atoms with Crippen molar-refractivity contribution in [1.29, 1.82) is 0 Å². The van der Waals surface area contributed by atoms with Crippen LogP contribution < -0.4 is 4.74 Å². The maximum atomic E-state index is 5.84. The summed E-state index contributed by atoms with van der Waals surface area (Å²) in [4.78, 5) is 2.37. The number of hydrogen-bond donors (Lipinski definition) is 0. The SMILES string of the molecule is C[CH-]c1ccc2c(c1)Sc1ccccc1O2.[Zn]. The van der Waals surface area contributed by atoms with Gasteiger partial charge in [-0.25, -0.2) is 0 Å². The van der Waals surface area contributed by atoms with Crippen LogP contribution in [-0.2, 0) is 19.5 Å². The molecule has 0 aliphatic carbocycles. The van der Waals surface area contributed by atoms with E-state index in [-0.39, 0.29) is 19.5 Å². The average Bonchev–Trinajstić information content (AvgIpc) is 2.35. The van der Waals surface area contributed by atoms with Gasteiger partial charge in [0.05, 0.1) is 4.90 Å². The maximum Gasteiger partial charge on any atom is 0.141 e. The molecule has 17 heavy (non-hydrogen) atoms. The summed E-state index contributed by atoms with van der Waals surface area (Å²) in [7, 11) is 0. The number of fused-ring (bicyclic) bond motifs is 2. The Kier molecular flexibility index (Phi) is 3.80. The molecule has 2 aromatic carbocycles. The first-order valence-corrected chi connectivity index (χ1v) is 6.06. The van der Waals surface area contributed by atoms with E-state index in [1.165, 1.54) is 15.4 Å². The Hall–Kier alpha value is -0.917. The fourth-order valence-electron chi connectivity index (χ4n) is 1.72. The first-order chi connectivity index (χ1) is 7.86. The quantitative estimate of drug-likeness (QED) is 0.482. The Morgan fingerprint density at radius 3 is 2.59 bits per heavy atom. The fourth-order valence-corrected chi connectivity index (χ4v) is 2.72. The Morgan fingerprint density at radius 1 is 1.00 bits per heavy atom. The molecule has 3 heteroatoms. The zero-order valence-electron chi connectivity index (χ0n) is 9.64. The summed E-state index contributed by atoms with van der Waals surface area (Å²) in [5.74, 6) is 1.91. The van der Waals surface area contributed by atoms with E-state index in [1.807, 2.05) is 31.2 Å². The normalized spacial score (nSPS) is 11.6. The second kappa shape index (κ2) is 5.16. The Morgan fingerprint density at radius 2 is 1.76 bits per heavy atom. The Labute approximate surface area is 118 Å². The Bertz CT molecular complexity index is 539. The molecule has 1 aliphatic rings. The number of para-hydroxylation sites is 1. The van der Waals surface area contributed by atoms with Crippen molar-refractivity contribution in [2.75, 3.05) is 0 Å². The molecular weight excluding hydrogens is 282 g/mol. The van der Waals surface area contributed by atoms with Crippen LogP contribution in [0.3, 0.4) is 0 Å². The van der Waals surface area contributed by atoms with Crippen molar-refractivity contribution in [1.82, 2.24) is 0 Å². The van der Waals surface area contributed by atoms with E-state index >= 15 is 0 Å². The molecular formula is C14H11OSZn-. The monoisotopic (exact) mass is 291 g/mol. The van der Waals surface area contributed by atoms with Gasteiger partial charge in [-0.3, -0.25) is 0 Å². The van der Waals surface area contributed by atoms with Gasteiger partial charge in [0, 0.05) is 19.5 Å².